The molecule has 0 aromatic carbocycles. The number of morpholine rings is 1. The first-order chi connectivity index (χ1) is 13.7. The summed E-state index contributed by atoms with van der Waals surface area (Å²) in [6, 6.07) is 0.598. The number of aryl methyl sites for hydroxylation is 1. The van der Waals surface area contributed by atoms with Gasteiger partial charge in [-0.3, -0.25) is 9.69 Å². The third-order valence-electron chi connectivity index (χ3n) is 6.95. The number of rotatable bonds is 6. The van der Waals surface area contributed by atoms with Crippen LogP contribution in [0.4, 0.5) is 0 Å². The molecular formula is C20H34N6O2. The Hall–Kier alpha value is -1.51. The van der Waals surface area contributed by atoms with E-state index in [1.165, 1.54) is 0 Å². The quantitative estimate of drug-likeness (QED) is 0.747. The maximum atomic E-state index is 13.4. The molecule has 2 aliphatic heterocycles. The summed E-state index contributed by atoms with van der Waals surface area (Å²) in [5.74, 6) is 1.48. The van der Waals surface area contributed by atoms with E-state index in [0.29, 0.717) is 18.5 Å². The second-order valence-corrected chi connectivity index (χ2v) is 8.52. The lowest BCUT2D eigenvalue weighted by Gasteiger charge is -2.50. The zero-order chi connectivity index (χ0) is 19.4. The van der Waals surface area contributed by atoms with Crippen LogP contribution in [0.2, 0.25) is 0 Å². The zero-order valence-corrected chi connectivity index (χ0v) is 17.0. The Morgan fingerprint density at radius 2 is 2.25 bits per heavy atom. The Labute approximate surface area is 167 Å². The van der Waals surface area contributed by atoms with Crippen molar-refractivity contribution in [3.63, 3.8) is 0 Å². The summed E-state index contributed by atoms with van der Waals surface area (Å²) >= 11 is 0. The molecule has 4 rings (SSSR count). The predicted octanol–water partition coefficient (Wildman–Crippen LogP) is 0.785. The number of nitrogens with zero attached hydrogens (tertiary/aromatic N) is 4. The fourth-order valence-corrected chi connectivity index (χ4v) is 5.35. The number of fused-ring (bicyclic) bond motifs is 1. The van der Waals surface area contributed by atoms with Crippen molar-refractivity contribution in [2.24, 2.45) is 11.3 Å². The van der Waals surface area contributed by atoms with E-state index in [2.05, 4.69) is 32.7 Å². The van der Waals surface area contributed by atoms with Crippen LogP contribution in [0.25, 0.3) is 0 Å². The molecule has 1 aromatic heterocycles. The van der Waals surface area contributed by atoms with Crippen molar-refractivity contribution in [2.75, 3.05) is 39.4 Å². The van der Waals surface area contributed by atoms with Gasteiger partial charge in [-0.05, 0) is 44.6 Å². The van der Waals surface area contributed by atoms with Crippen LogP contribution in [0, 0.1) is 11.3 Å². The highest BCUT2D eigenvalue weighted by molar-refractivity contribution is 5.83. The van der Waals surface area contributed by atoms with Gasteiger partial charge in [-0.2, -0.15) is 0 Å². The van der Waals surface area contributed by atoms with Crippen LogP contribution in [-0.2, 0) is 22.6 Å². The van der Waals surface area contributed by atoms with E-state index < -0.39 is 0 Å². The number of hydrogen-bond donors (Lipinski definition) is 2. The normalized spacial score (nSPS) is 31.3. The average Bonchev–Trinajstić information content (AvgIpc) is 3.19. The molecule has 3 aliphatic rings. The monoisotopic (exact) mass is 390 g/mol. The molecule has 0 spiro atoms. The van der Waals surface area contributed by atoms with Crippen LogP contribution in [0.5, 0.6) is 0 Å². The van der Waals surface area contributed by atoms with Crippen molar-refractivity contribution >= 4 is 5.91 Å². The molecule has 3 fully saturated rings. The van der Waals surface area contributed by atoms with Gasteiger partial charge in [0.05, 0.1) is 25.2 Å². The molecule has 0 unspecified atom stereocenters. The fraction of sp³-hybridized carbons (Fsp3) is 0.850. The van der Waals surface area contributed by atoms with Crippen molar-refractivity contribution in [1.29, 1.82) is 0 Å². The summed E-state index contributed by atoms with van der Waals surface area (Å²) in [6.45, 7) is 9.02. The number of ether oxygens (including phenoxy) is 1. The van der Waals surface area contributed by atoms with E-state index >= 15 is 0 Å². The van der Waals surface area contributed by atoms with Gasteiger partial charge in [-0.1, -0.05) is 6.92 Å². The Morgan fingerprint density at radius 1 is 1.39 bits per heavy atom. The van der Waals surface area contributed by atoms with Crippen molar-refractivity contribution in [2.45, 2.75) is 58.2 Å². The van der Waals surface area contributed by atoms with Gasteiger partial charge in [0, 0.05) is 32.2 Å². The topological polar surface area (TPSA) is 84.3 Å². The number of aromatic nitrogens is 3. The standard InChI is InChI=1S/C20H34N6O2/c1-2-7-26-15-23-24-18(26)13-22-19(27)20-5-3-17(25-8-10-28-11-9-25)12-16(20)4-6-21-14-20/h15-17,21H,2-14H2,1H3,(H,22,27)/t16-,17+,20-/m1/s1. The maximum absolute atomic E-state index is 13.4. The molecule has 0 bridgehead atoms. The highest BCUT2D eigenvalue weighted by Gasteiger charge is 2.50. The Bertz CT molecular complexity index is 659. The first-order valence-electron chi connectivity index (χ1n) is 10.9. The minimum atomic E-state index is -0.281. The highest BCUT2D eigenvalue weighted by Crippen LogP contribution is 2.46. The molecule has 1 aliphatic carbocycles. The lowest BCUT2D eigenvalue weighted by molar-refractivity contribution is -0.140. The van der Waals surface area contributed by atoms with Crippen LogP contribution in [-0.4, -0.2) is 71.0 Å². The van der Waals surface area contributed by atoms with Crippen molar-refractivity contribution < 1.29 is 9.53 Å². The van der Waals surface area contributed by atoms with Crippen molar-refractivity contribution in [1.82, 2.24) is 30.3 Å². The molecule has 3 heterocycles. The van der Waals surface area contributed by atoms with E-state index in [1.54, 1.807) is 6.33 Å². The summed E-state index contributed by atoms with van der Waals surface area (Å²) < 4.78 is 7.55. The fourth-order valence-electron chi connectivity index (χ4n) is 5.35. The van der Waals surface area contributed by atoms with Gasteiger partial charge < -0.3 is 19.9 Å². The zero-order valence-electron chi connectivity index (χ0n) is 17.0. The van der Waals surface area contributed by atoms with Crippen LogP contribution in [0.3, 0.4) is 0 Å². The summed E-state index contributed by atoms with van der Waals surface area (Å²) in [6.07, 6.45) is 7.04. The second kappa shape index (κ2) is 8.88. The largest absolute Gasteiger partial charge is 0.379 e. The molecule has 2 saturated heterocycles. The van der Waals surface area contributed by atoms with Gasteiger partial charge in [0.25, 0.3) is 0 Å². The first-order valence-corrected chi connectivity index (χ1v) is 10.9. The van der Waals surface area contributed by atoms with E-state index in [0.717, 1.165) is 83.9 Å². The number of carbonyl (C=O) groups excluding carboxylic acids is 1. The smallest absolute Gasteiger partial charge is 0.228 e. The van der Waals surface area contributed by atoms with Gasteiger partial charge in [-0.15, -0.1) is 10.2 Å². The molecule has 8 nitrogen and oxygen atoms in total. The van der Waals surface area contributed by atoms with Crippen LogP contribution >= 0.6 is 0 Å². The van der Waals surface area contributed by atoms with Gasteiger partial charge in [-0.25, -0.2) is 0 Å². The van der Waals surface area contributed by atoms with Gasteiger partial charge in [0.15, 0.2) is 5.82 Å². The molecule has 1 amide bonds. The first kappa shape index (κ1) is 19.8. The summed E-state index contributed by atoms with van der Waals surface area (Å²) in [4.78, 5) is 15.9. The van der Waals surface area contributed by atoms with Crippen LogP contribution in [0.15, 0.2) is 6.33 Å². The molecule has 1 aromatic rings. The molecule has 8 heteroatoms. The number of nitrogens with one attached hydrogen (secondary N) is 2. The maximum Gasteiger partial charge on any atom is 0.228 e. The Balaban J connectivity index is 1.41. The highest BCUT2D eigenvalue weighted by atomic mass is 16.5. The third-order valence-corrected chi connectivity index (χ3v) is 6.95. The van der Waals surface area contributed by atoms with Crippen LogP contribution in [0.1, 0.15) is 44.9 Å². The van der Waals surface area contributed by atoms with E-state index in [-0.39, 0.29) is 11.3 Å². The molecule has 1 saturated carbocycles. The van der Waals surface area contributed by atoms with E-state index in [9.17, 15) is 4.79 Å². The third kappa shape index (κ3) is 3.95. The van der Waals surface area contributed by atoms with Crippen molar-refractivity contribution in [3.05, 3.63) is 12.2 Å². The molecule has 156 valence electrons. The molecule has 3 atom stereocenters. The Morgan fingerprint density at radius 3 is 3.07 bits per heavy atom. The minimum Gasteiger partial charge on any atom is -0.379 e. The number of piperidine rings is 1. The summed E-state index contributed by atoms with van der Waals surface area (Å²) in [5.41, 5.74) is -0.281. The predicted molar refractivity (Wildman–Crippen MR) is 106 cm³/mol. The van der Waals surface area contributed by atoms with Crippen LogP contribution < -0.4 is 10.6 Å². The van der Waals surface area contributed by atoms with Crippen molar-refractivity contribution in [3.8, 4) is 0 Å². The molecule has 28 heavy (non-hydrogen) atoms. The summed E-state index contributed by atoms with van der Waals surface area (Å²) in [7, 11) is 0. The van der Waals surface area contributed by atoms with Gasteiger partial charge >= 0.3 is 0 Å². The molecule has 2 N–H and O–H groups in total. The lowest BCUT2D eigenvalue weighted by atomic mass is 9.61. The lowest BCUT2D eigenvalue weighted by Crippen LogP contribution is -2.60. The second-order valence-electron chi connectivity index (χ2n) is 8.52. The van der Waals surface area contributed by atoms with Gasteiger partial charge in [0.2, 0.25) is 5.91 Å². The minimum absolute atomic E-state index is 0.191. The molecular weight excluding hydrogens is 356 g/mol. The number of amides is 1. The SMILES string of the molecule is CCCn1cnnc1CNC(=O)[C@@]12CC[C@H](N3CCOCC3)C[C@H]1CCNC2. The average molecular weight is 391 g/mol. The van der Waals surface area contributed by atoms with Gasteiger partial charge in [0.1, 0.15) is 6.33 Å². The number of hydrogen-bond acceptors (Lipinski definition) is 6. The Kier molecular flexibility index (Phi) is 6.28. The summed E-state index contributed by atoms with van der Waals surface area (Å²) in [5, 5.41) is 14.9. The molecule has 0 radical (unpaired) electrons. The number of carbonyl (C=O) groups is 1. The van der Waals surface area contributed by atoms with E-state index in [1.807, 2.05) is 4.57 Å². The van der Waals surface area contributed by atoms with E-state index in [4.69, 9.17) is 4.74 Å².